The Balaban J connectivity index is 0.812. The van der Waals surface area contributed by atoms with Crippen molar-refractivity contribution in [3.63, 3.8) is 0 Å². The zero-order chi connectivity index (χ0) is 38.2. The molecule has 0 aromatic heterocycles. The van der Waals surface area contributed by atoms with Crippen LogP contribution in [0.25, 0.3) is 22.3 Å². The number of benzene rings is 6. The number of aryl methyl sites for hydroxylation is 4. The number of esters is 2. The maximum absolute atomic E-state index is 12.7. The van der Waals surface area contributed by atoms with Crippen molar-refractivity contribution in [2.45, 2.75) is 84.5 Å². The summed E-state index contributed by atoms with van der Waals surface area (Å²) in [5.74, 6) is 0.449. The van der Waals surface area contributed by atoms with Gasteiger partial charge in [0, 0.05) is 0 Å². The molecule has 0 aliphatic heterocycles. The third-order valence-corrected chi connectivity index (χ3v) is 10.3. The molecule has 4 nitrogen and oxygen atoms in total. The molecule has 6 rings (SSSR count). The van der Waals surface area contributed by atoms with Crippen molar-refractivity contribution >= 4 is 11.9 Å². The molecule has 0 unspecified atom stereocenters. The number of rotatable bonds is 18. The van der Waals surface area contributed by atoms with Crippen LogP contribution < -0.4 is 9.47 Å². The van der Waals surface area contributed by atoms with E-state index in [1.54, 1.807) is 0 Å². The predicted molar refractivity (Wildman–Crippen MR) is 225 cm³/mol. The second-order valence-corrected chi connectivity index (χ2v) is 14.3. The van der Waals surface area contributed by atoms with Crippen LogP contribution >= 0.6 is 0 Å². The van der Waals surface area contributed by atoms with Gasteiger partial charge in [-0.3, -0.25) is 0 Å². The molecule has 0 fully saturated rings. The monoisotopic (exact) mass is 728 g/mol. The van der Waals surface area contributed by atoms with Gasteiger partial charge in [-0.05, 0) is 132 Å². The molecule has 0 radical (unpaired) electrons. The first-order valence-electron chi connectivity index (χ1n) is 20.0. The second kappa shape index (κ2) is 20.1. The Kier molecular flexibility index (Phi) is 14.2. The van der Waals surface area contributed by atoms with E-state index in [-0.39, 0.29) is 11.9 Å². The third kappa shape index (κ3) is 11.6. The fourth-order valence-electron chi connectivity index (χ4n) is 6.79. The number of hydrogen-bond acceptors (Lipinski definition) is 4. The van der Waals surface area contributed by atoms with Gasteiger partial charge in [-0.2, -0.15) is 0 Å². The fourth-order valence-corrected chi connectivity index (χ4v) is 6.79. The molecular formula is C51H52O4. The van der Waals surface area contributed by atoms with Gasteiger partial charge < -0.3 is 9.47 Å². The molecule has 0 N–H and O–H groups in total. The van der Waals surface area contributed by atoms with Crippen LogP contribution in [0.4, 0.5) is 0 Å². The standard InChI is InChI=1S/C51H52O4/c1-3-38-14-22-42(23-15-38)44-26-30-46(31-27-44)50(52)54-48-34-18-40(19-35-48)12-10-8-6-5-7-9-11-13-41-20-36-49(37-21-41)55-51(53)47-32-28-45(29-33-47)43-24-16-39(4-2)17-25-43/h14-37H,3-13H2,1-2H3. The summed E-state index contributed by atoms with van der Waals surface area (Å²) < 4.78 is 11.3. The summed E-state index contributed by atoms with van der Waals surface area (Å²) >= 11 is 0. The van der Waals surface area contributed by atoms with Gasteiger partial charge in [-0.15, -0.1) is 0 Å². The number of hydrogen-bond donors (Lipinski definition) is 0. The van der Waals surface area contributed by atoms with E-state index in [9.17, 15) is 9.59 Å². The molecule has 4 heteroatoms. The highest BCUT2D eigenvalue weighted by Crippen LogP contribution is 2.24. The Morgan fingerprint density at radius 3 is 0.927 bits per heavy atom. The molecule has 0 saturated carbocycles. The second-order valence-electron chi connectivity index (χ2n) is 14.3. The Labute approximate surface area is 327 Å². The summed E-state index contributed by atoms with van der Waals surface area (Å²) in [4.78, 5) is 25.5. The lowest BCUT2D eigenvalue weighted by atomic mass is 10.0. The van der Waals surface area contributed by atoms with Crippen LogP contribution in [-0.4, -0.2) is 11.9 Å². The number of unbranched alkanes of at least 4 members (excludes halogenated alkanes) is 6. The predicted octanol–water partition coefficient (Wildman–Crippen LogP) is 13.1. The van der Waals surface area contributed by atoms with Gasteiger partial charge in [-0.25, -0.2) is 9.59 Å². The summed E-state index contributed by atoms with van der Waals surface area (Å²) in [6.07, 6.45) is 12.6. The van der Waals surface area contributed by atoms with Gasteiger partial charge in [0.25, 0.3) is 0 Å². The molecule has 6 aromatic rings. The molecule has 6 aromatic carbocycles. The fraction of sp³-hybridized carbons (Fsp3) is 0.255. The largest absolute Gasteiger partial charge is 0.423 e. The van der Waals surface area contributed by atoms with Crippen LogP contribution in [0.1, 0.15) is 102 Å². The van der Waals surface area contributed by atoms with Crippen molar-refractivity contribution in [1.82, 2.24) is 0 Å². The molecule has 280 valence electrons. The Hall–Kier alpha value is -5.74. The normalized spacial score (nSPS) is 10.9. The molecule has 0 saturated heterocycles. The van der Waals surface area contributed by atoms with Crippen molar-refractivity contribution in [2.75, 3.05) is 0 Å². The van der Waals surface area contributed by atoms with Crippen LogP contribution in [0.15, 0.2) is 146 Å². The highest BCUT2D eigenvalue weighted by molar-refractivity contribution is 5.92. The zero-order valence-corrected chi connectivity index (χ0v) is 32.3. The van der Waals surface area contributed by atoms with Gasteiger partial charge in [0.1, 0.15) is 11.5 Å². The van der Waals surface area contributed by atoms with E-state index in [1.165, 1.54) is 54.4 Å². The first kappa shape index (κ1) is 39.0. The maximum atomic E-state index is 12.7. The molecular weight excluding hydrogens is 677 g/mol. The molecule has 0 bridgehead atoms. The van der Waals surface area contributed by atoms with Crippen LogP contribution in [-0.2, 0) is 25.7 Å². The highest BCUT2D eigenvalue weighted by Gasteiger charge is 2.11. The van der Waals surface area contributed by atoms with E-state index < -0.39 is 0 Å². The van der Waals surface area contributed by atoms with Gasteiger partial charge >= 0.3 is 11.9 Å². The molecule has 55 heavy (non-hydrogen) atoms. The highest BCUT2D eigenvalue weighted by atomic mass is 16.5. The van der Waals surface area contributed by atoms with E-state index in [0.717, 1.165) is 60.8 Å². The minimum Gasteiger partial charge on any atom is -0.423 e. The molecule has 0 aliphatic carbocycles. The molecule has 0 heterocycles. The number of carbonyl (C=O) groups excluding carboxylic acids is 2. The van der Waals surface area contributed by atoms with E-state index >= 15 is 0 Å². The lowest BCUT2D eigenvalue weighted by Crippen LogP contribution is -2.08. The van der Waals surface area contributed by atoms with Gasteiger partial charge in [0.05, 0.1) is 11.1 Å². The average molecular weight is 729 g/mol. The quantitative estimate of drug-likeness (QED) is 0.0502. The van der Waals surface area contributed by atoms with Gasteiger partial charge in [-0.1, -0.05) is 143 Å². The van der Waals surface area contributed by atoms with E-state index in [2.05, 4.69) is 86.6 Å². The zero-order valence-electron chi connectivity index (χ0n) is 32.3. The van der Waals surface area contributed by atoms with Crippen molar-refractivity contribution in [1.29, 1.82) is 0 Å². The summed E-state index contributed by atoms with van der Waals surface area (Å²) in [6, 6.07) is 48.1. The van der Waals surface area contributed by atoms with E-state index in [1.807, 2.05) is 72.8 Å². The summed E-state index contributed by atoms with van der Waals surface area (Å²) in [5.41, 5.74) is 10.7. The van der Waals surface area contributed by atoms with Crippen molar-refractivity contribution < 1.29 is 19.1 Å². The van der Waals surface area contributed by atoms with Crippen LogP contribution in [0.2, 0.25) is 0 Å². The summed E-state index contributed by atoms with van der Waals surface area (Å²) in [5, 5.41) is 0. The minimum atomic E-state index is -0.344. The first-order valence-corrected chi connectivity index (χ1v) is 20.0. The van der Waals surface area contributed by atoms with Crippen molar-refractivity contribution in [2.24, 2.45) is 0 Å². The third-order valence-electron chi connectivity index (χ3n) is 10.3. The Morgan fingerprint density at radius 1 is 0.345 bits per heavy atom. The van der Waals surface area contributed by atoms with Gasteiger partial charge in [0.2, 0.25) is 0 Å². The summed E-state index contributed by atoms with van der Waals surface area (Å²) in [6.45, 7) is 4.30. The number of ether oxygens (including phenoxy) is 2. The Bertz CT molecular complexity index is 1920. The topological polar surface area (TPSA) is 52.6 Å². The van der Waals surface area contributed by atoms with Gasteiger partial charge in [0.15, 0.2) is 0 Å². The van der Waals surface area contributed by atoms with E-state index in [0.29, 0.717) is 22.6 Å². The number of carbonyl (C=O) groups is 2. The lowest BCUT2D eigenvalue weighted by molar-refractivity contribution is 0.0725. The SMILES string of the molecule is CCc1ccc(-c2ccc(C(=O)Oc3ccc(CCCCCCCCCc4ccc(OC(=O)c5ccc(-c6ccc(CC)cc6)cc5)cc4)cc3)cc2)cc1. The van der Waals surface area contributed by atoms with Crippen LogP contribution in [0, 0.1) is 0 Å². The van der Waals surface area contributed by atoms with Crippen LogP contribution in [0.3, 0.4) is 0 Å². The smallest absolute Gasteiger partial charge is 0.343 e. The van der Waals surface area contributed by atoms with Crippen LogP contribution in [0.5, 0.6) is 11.5 Å². The molecule has 0 amide bonds. The first-order chi connectivity index (χ1) is 27.0. The lowest BCUT2D eigenvalue weighted by Gasteiger charge is -2.08. The molecule has 0 aliphatic rings. The minimum absolute atomic E-state index is 0.344. The average Bonchev–Trinajstić information content (AvgIpc) is 3.24. The molecule has 0 spiro atoms. The molecule has 0 atom stereocenters. The van der Waals surface area contributed by atoms with Crippen molar-refractivity contribution in [3.05, 3.63) is 179 Å². The Morgan fingerprint density at radius 2 is 0.618 bits per heavy atom. The maximum Gasteiger partial charge on any atom is 0.343 e. The van der Waals surface area contributed by atoms with E-state index in [4.69, 9.17) is 9.47 Å². The van der Waals surface area contributed by atoms with Crippen molar-refractivity contribution in [3.8, 4) is 33.8 Å². The summed E-state index contributed by atoms with van der Waals surface area (Å²) in [7, 11) is 0.